The summed E-state index contributed by atoms with van der Waals surface area (Å²) in [6, 6.07) is 32.1. The van der Waals surface area contributed by atoms with Crippen molar-refractivity contribution in [3.63, 3.8) is 0 Å². The van der Waals surface area contributed by atoms with Crippen LogP contribution in [0.4, 0.5) is 0 Å². The predicted octanol–water partition coefficient (Wildman–Crippen LogP) is 4.03. The van der Waals surface area contributed by atoms with Crippen molar-refractivity contribution < 1.29 is 104 Å². The Kier molecular flexibility index (Phi) is 26.9. The second-order valence-corrected chi connectivity index (χ2v) is 15.1. The third-order valence-corrected chi connectivity index (χ3v) is 9.51. The molecule has 1 unspecified atom stereocenters. The van der Waals surface area contributed by atoms with Gasteiger partial charge >= 0.3 is 63.3 Å². The van der Waals surface area contributed by atoms with E-state index in [-0.39, 0.29) is 116 Å². The number of Topliss-reactive ketones (excluding diaryl/α,β-unsaturated/α-hetero) is 1. The number of rotatable bonds is 8. The van der Waals surface area contributed by atoms with E-state index in [1.807, 2.05) is 6.92 Å². The van der Waals surface area contributed by atoms with Gasteiger partial charge in [-0.3, -0.25) is 14.4 Å². The SMILES string of the molecule is CC(C)(C)[O-].CCOC(=O)C1CCC(=C(C)C)CC1.CCOC(=O)C1CCC(=O)CC1.[CH2+]C(C)C(c1ccccc1)(c1ccccc1)c1ccccc1.[I-].[K+]. The van der Waals surface area contributed by atoms with Gasteiger partial charge in [-0.05, 0) is 89.8 Å². The van der Waals surface area contributed by atoms with Crippen LogP contribution in [0.1, 0.15) is 123 Å². The van der Waals surface area contributed by atoms with Crippen LogP contribution in [0.5, 0.6) is 0 Å². The molecule has 2 aliphatic rings. The van der Waals surface area contributed by atoms with Gasteiger partial charge in [0.05, 0.1) is 37.4 Å². The van der Waals surface area contributed by atoms with E-state index < -0.39 is 5.60 Å². The van der Waals surface area contributed by atoms with Crippen LogP contribution in [0.25, 0.3) is 0 Å². The summed E-state index contributed by atoms with van der Waals surface area (Å²) in [6.07, 6.45) is 6.54. The number of hydrogen-bond acceptors (Lipinski definition) is 6. The van der Waals surface area contributed by atoms with Crippen molar-refractivity contribution in [1.29, 1.82) is 0 Å². The van der Waals surface area contributed by atoms with E-state index in [1.54, 1.807) is 27.7 Å². The van der Waals surface area contributed by atoms with Crippen LogP contribution in [0.2, 0.25) is 0 Å². The molecular formula is C47H64IKO6. The molecule has 0 N–H and O–H groups in total. The van der Waals surface area contributed by atoms with E-state index in [0.29, 0.717) is 38.9 Å². The molecule has 0 spiro atoms. The molecule has 0 amide bonds. The van der Waals surface area contributed by atoms with Gasteiger partial charge in [0.2, 0.25) is 0 Å². The third kappa shape index (κ3) is 18.6. The Morgan fingerprint density at radius 1 is 0.691 bits per heavy atom. The first kappa shape index (κ1) is 53.2. The van der Waals surface area contributed by atoms with Crippen molar-refractivity contribution in [1.82, 2.24) is 0 Å². The minimum absolute atomic E-state index is 0. The topological polar surface area (TPSA) is 92.7 Å². The number of ether oxygens (including phenoxy) is 2. The minimum Gasteiger partial charge on any atom is -1.00 e. The fourth-order valence-electron chi connectivity index (χ4n) is 6.85. The van der Waals surface area contributed by atoms with Crippen molar-refractivity contribution in [3.8, 4) is 0 Å². The van der Waals surface area contributed by atoms with E-state index in [4.69, 9.17) is 9.47 Å². The summed E-state index contributed by atoms with van der Waals surface area (Å²) < 4.78 is 9.89. The fraction of sp³-hybridized carbons (Fsp3) is 0.489. The van der Waals surface area contributed by atoms with Gasteiger partial charge in [-0.2, -0.15) is 0 Å². The molecule has 55 heavy (non-hydrogen) atoms. The van der Waals surface area contributed by atoms with E-state index >= 15 is 0 Å². The van der Waals surface area contributed by atoms with Crippen LogP contribution in [0.15, 0.2) is 102 Å². The van der Waals surface area contributed by atoms with Crippen molar-refractivity contribution in [2.75, 3.05) is 13.2 Å². The van der Waals surface area contributed by atoms with E-state index in [2.05, 4.69) is 119 Å². The summed E-state index contributed by atoms with van der Waals surface area (Å²) in [5, 5.41) is 10.1. The second kappa shape index (κ2) is 27.8. The molecule has 2 fully saturated rings. The van der Waals surface area contributed by atoms with E-state index in [9.17, 15) is 19.5 Å². The van der Waals surface area contributed by atoms with E-state index in [1.165, 1.54) is 27.8 Å². The fourth-order valence-corrected chi connectivity index (χ4v) is 6.85. The molecule has 2 saturated carbocycles. The summed E-state index contributed by atoms with van der Waals surface area (Å²) in [5.74, 6) is 0.459. The largest absolute Gasteiger partial charge is 1.00 e. The maximum Gasteiger partial charge on any atom is 1.00 e. The molecule has 1 atom stereocenters. The Balaban J connectivity index is 0.000000771. The molecule has 8 heteroatoms. The first-order chi connectivity index (χ1) is 25.1. The predicted molar refractivity (Wildman–Crippen MR) is 214 cm³/mol. The number of allylic oxidation sites excluding steroid dienone is 2. The van der Waals surface area contributed by atoms with Gasteiger partial charge in [0.25, 0.3) is 0 Å². The Labute approximate surface area is 392 Å². The molecule has 296 valence electrons. The Hall–Kier alpha value is -1.79. The average molecular weight is 891 g/mol. The minimum atomic E-state index is -0.750. The van der Waals surface area contributed by atoms with Crippen LogP contribution >= 0.6 is 0 Å². The van der Waals surface area contributed by atoms with Crippen LogP contribution in [-0.2, 0) is 29.3 Å². The van der Waals surface area contributed by atoms with Gasteiger partial charge in [0, 0.05) is 12.8 Å². The van der Waals surface area contributed by atoms with Gasteiger partial charge < -0.3 is 38.6 Å². The molecule has 6 nitrogen and oxygen atoms in total. The molecule has 0 bridgehead atoms. The monoisotopic (exact) mass is 890 g/mol. The van der Waals surface area contributed by atoms with Gasteiger partial charge in [0.15, 0.2) is 0 Å². The number of ketones is 1. The van der Waals surface area contributed by atoms with Crippen molar-refractivity contribution in [2.45, 2.75) is 118 Å². The summed E-state index contributed by atoms with van der Waals surface area (Å²) in [7, 11) is 0. The molecule has 0 aliphatic heterocycles. The van der Waals surface area contributed by atoms with Crippen LogP contribution in [0.3, 0.4) is 0 Å². The summed E-state index contributed by atoms with van der Waals surface area (Å²) in [4.78, 5) is 33.4. The molecule has 0 heterocycles. The van der Waals surface area contributed by atoms with Gasteiger partial charge in [-0.25, -0.2) is 0 Å². The number of halogens is 1. The Morgan fingerprint density at radius 3 is 1.24 bits per heavy atom. The first-order valence-corrected chi connectivity index (χ1v) is 19.3. The first-order valence-electron chi connectivity index (χ1n) is 19.3. The Morgan fingerprint density at radius 2 is 0.982 bits per heavy atom. The normalized spacial score (nSPS) is 16.0. The van der Waals surface area contributed by atoms with E-state index in [0.717, 1.165) is 25.7 Å². The maximum atomic E-state index is 11.4. The molecule has 3 aromatic rings. The zero-order valence-corrected chi connectivity index (χ0v) is 40.3. The molecular weight excluding hydrogens is 827 g/mol. The number of hydrogen-bond donors (Lipinski definition) is 0. The molecule has 0 saturated heterocycles. The van der Waals surface area contributed by atoms with Crippen LogP contribution in [-0.4, -0.2) is 36.5 Å². The average Bonchev–Trinajstić information content (AvgIpc) is 3.14. The summed E-state index contributed by atoms with van der Waals surface area (Å²) in [5.41, 5.74) is 5.83. The quantitative estimate of drug-likeness (QED) is 0.0849. The summed E-state index contributed by atoms with van der Waals surface area (Å²) >= 11 is 0. The standard InChI is InChI=1S/C22H21.C12H20O2.C9H14O3.C4H9O.HI.K/c1-18(2)22(19-12-6-3-7-13-19,20-14-8-4-9-15-20)21-16-10-5-11-17-21;1-4-14-12(13)11-7-5-10(6-8-11)9(2)3;1-2-12-9(11)7-3-5-8(10)6-4-7;1-4(2,3)5;;/h3-18H,1H2,2H3;11H,4-8H2,1-3H3;7H,2-6H2,1H3;1-3H3;1H;/q+1;;;-1;;+1/p-1. The Bertz CT molecular complexity index is 1420. The number of benzene rings is 3. The third-order valence-electron chi connectivity index (χ3n) is 9.51. The van der Waals surface area contributed by atoms with Gasteiger partial charge in [-0.15, -0.1) is 5.60 Å². The van der Waals surface area contributed by atoms with Gasteiger partial charge in [0.1, 0.15) is 11.7 Å². The number of esters is 2. The smallest absolute Gasteiger partial charge is 1.00 e. The van der Waals surface area contributed by atoms with Crippen molar-refractivity contribution in [3.05, 3.63) is 126 Å². The number of carbonyl (C=O) groups is 3. The van der Waals surface area contributed by atoms with Crippen LogP contribution < -0.4 is 80.5 Å². The van der Waals surface area contributed by atoms with Crippen LogP contribution in [0, 0.1) is 24.7 Å². The van der Waals surface area contributed by atoms with Crippen molar-refractivity contribution in [2.24, 2.45) is 17.8 Å². The molecule has 5 rings (SSSR count). The molecule has 0 radical (unpaired) electrons. The summed E-state index contributed by atoms with van der Waals surface area (Å²) in [6.45, 7) is 20.4. The van der Waals surface area contributed by atoms with Crippen molar-refractivity contribution >= 4 is 17.7 Å². The second-order valence-electron chi connectivity index (χ2n) is 15.1. The van der Waals surface area contributed by atoms with Gasteiger partial charge in [-0.1, -0.05) is 123 Å². The zero-order chi connectivity index (χ0) is 39.4. The zero-order valence-electron chi connectivity index (χ0n) is 35.0. The maximum absolute atomic E-state index is 11.4. The molecule has 3 aromatic carbocycles. The molecule has 0 aromatic heterocycles. The molecule has 2 aliphatic carbocycles. The number of carbonyl (C=O) groups excluding carboxylic acids is 3.